The summed E-state index contributed by atoms with van der Waals surface area (Å²) in [6.07, 6.45) is 3.58. The van der Waals surface area contributed by atoms with E-state index in [9.17, 15) is 19.2 Å². The largest absolute Gasteiger partial charge is 0.478 e. The monoisotopic (exact) mass is 593 g/mol. The maximum atomic E-state index is 11.6. The summed E-state index contributed by atoms with van der Waals surface area (Å²) in [7, 11) is 1.33. The van der Waals surface area contributed by atoms with E-state index < -0.39 is 5.97 Å². The highest BCUT2D eigenvalue weighted by Crippen LogP contribution is 2.66. The Hall–Kier alpha value is -3.20. The van der Waals surface area contributed by atoms with E-state index in [1.165, 1.54) is 26.9 Å². The minimum atomic E-state index is -0.935. The lowest BCUT2D eigenvalue weighted by atomic mass is 9.70. The molecule has 9 heteroatoms. The van der Waals surface area contributed by atoms with Crippen LogP contribution in [-0.2, 0) is 33.4 Å². The molecule has 0 aromatic heterocycles. The maximum Gasteiger partial charge on any atom is 0.333 e. The fourth-order valence-corrected chi connectivity index (χ4v) is 4.41. The molecule has 2 N–H and O–H groups in total. The third kappa shape index (κ3) is 14.1. The highest BCUT2D eigenvalue weighted by atomic mass is 16.5. The van der Waals surface area contributed by atoms with E-state index >= 15 is 0 Å². The van der Waals surface area contributed by atoms with Crippen molar-refractivity contribution >= 4 is 23.9 Å². The maximum absolute atomic E-state index is 11.6. The standard InChI is InChI=1S/C14H22O2.C10H19NO2.C5H8O2.C4H6O2/c1-9(2)12(15)16-11-8-10-6-7-14(11,5)13(10,3)4;1-8(2)9(12)13-7-6-11-10(3,4)5;1-4(2)5(6)7-3;1-3(2)4(5)6/h10-11H,1,6-8H2,2-5H3;11H,1,6-7H2,2-5H3;1H2,2-3H3;1H2,2H3,(H,5,6)/t10-,11-,14+;;;/m0.../s1. The van der Waals surface area contributed by atoms with E-state index in [4.69, 9.17) is 14.6 Å². The van der Waals surface area contributed by atoms with Gasteiger partial charge in [0.25, 0.3) is 0 Å². The summed E-state index contributed by atoms with van der Waals surface area (Å²) in [4.78, 5) is 42.3. The van der Waals surface area contributed by atoms with Crippen LogP contribution in [-0.4, -0.2) is 60.9 Å². The summed E-state index contributed by atoms with van der Waals surface area (Å²) in [5, 5.41) is 11.1. The molecule has 240 valence electrons. The fraction of sp³-hybridized carbons (Fsp3) is 0.636. The smallest absolute Gasteiger partial charge is 0.333 e. The molecule has 9 nitrogen and oxygen atoms in total. The third-order valence-corrected chi connectivity index (χ3v) is 7.55. The molecule has 0 unspecified atom stereocenters. The average molecular weight is 594 g/mol. The van der Waals surface area contributed by atoms with Crippen molar-refractivity contribution in [2.24, 2.45) is 16.7 Å². The molecule has 0 aromatic carbocycles. The van der Waals surface area contributed by atoms with Crippen LogP contribution in [0.3, 0.4) is 0 Å². The molecule has 2 aliphatic carbocycles. The number of esters is 3. The number of carbonyl (C=O) groups is 4. The molecule has 42 heavy (non-hydrogen) atoms. The molecular formula is C33H55NO8. The van der Waals surface area contributed by atoms with Crippen LogP contribution in [0.15, 0.2) is 48.6 Å². The Morgan fingerprint density at radius 1 is 0.857 bits per heavy atom. The van der Waals surface area contributed by atoms with Gasteiger partial charge >= 0.3 is 23.9 Å². The van der Waals surface area contributed by atoms with Crippen molar-refractivity contribution in [1.29, 1.82) is 0 Å². The summed E-state index contributed by atoms with van der Waals surface area (Å²) in [5.74, 6) is -1.12. The van der Waals surface area contributed by atoms with Gasteiger partial charge < -0.3 is 24.6 Å². The van der Waals surface area contributed by atoms with Crippen molar-refractivity contribution in [1.82, 2.24) is 5.32 Å². The van der Waals surface area contributed by atoms with Crippen LogP contribution < -0.4 is 5.32 Å². The number of hydrogen-bond donors (Lipinski definition) is 2. The van der Waals surface area contributed by atoms with Gasteiger partial charge in [-0.1, -0.05) is 47.1 Å². The Bertz CT molecular complexity index is 1010. The van der Waals surface area contributed by atoms with E-state index in [2.05, 4.69) is 77.9 Å². The van der Waals surface area contributed by atoms with Crippen LogP contribution >= 0.6 is 0 Å². The zero-order chi connectivity index (χ0) is 33.6. The number of fused-ring (bicyclic) bond motifs is 2. The predicted octanol–water partition coefficient (Wildman–Crippen LogP) is 6.20. The number of methoxy groups -OCH3 is 1. The van der Waals surface area contributed by atoms with E-state index in [0.717, 1.165) is 6.42 Å². The van der Waals surface area contributed by atoms with E-state index in [1.54, 1.807) is 20.8 Å². The van der Waals surface area contributed by atoms with E-state index in [1.807, 2.05) is 0 Å². The Labute approximate surface area is 253 Å². The molecule has 0 radical (unpaired) electrons. The minimum absolute atomic E-state index is 0.0651. The van der Waals surface area contributed by atoms with Gasteiger partial charge in [0.15, 0.2) is 0 Å². The van der Waals surface area contributed by atoms with Crippen molar-refractivity contribution in [2.75, 3.05) is 20.3 Å². The first kappa shape index (κ1) is 40.9. The van der Waals surface area contributed by atoms with Gasteiger partial charge in [-0.15, -0.1) is 0 Å². The van der Waals surface area contributed by atoms with Gasteiger partial charge in [0, 0.05) is 39.8 Å². The van der Waals surface area contributed by atoms with Crippen LogP contribution in [0.2, 0.25) is 0 Å². The highest BCUT2D eigenvalue weighted by Gasteiger charge is 2.62. The number of aliphatic carboxylic acids is 1. The molecular weight excluding hydrogens is 538 g/mol. The number of carboxylic acids is 1. The Kier molecular flexibility index (Phi) is 17.2. The lowest BCUT2D eigenvalue weighted by molar-refractivity contribution is -0.152. The minimum Gasteiger partial charge on any atom is -0.478 e. The second kappa shape index (κ2) is 17.7. The number of rotatable bonds is 8. The lowest BCUT2D eigenvalue weighted by Gasteiger charge is -2.38. The number of carboxylic acid groups (broad SMARTS) is 1. The second-order valence-corrected chi connectivity index (χ2v) is 12.7. The van der Waals surface area contributed by atoms with Gasteiger partial charge in [0.1, 0.15) is 12.7 Å². The van der Waals surface area contributed by atoms with Crippen LogP contribution in [0.4, 0.5) is 0 Å². The predicted molar refractivity (Wildman–Crippen MR) is 167 cm³/mol. The van der Waals surface area contributed by atoms with Crippen molar-refractivity contribution in [3.63, 3.8) is 0 Å². The van der Waals surface area contributed by atoms with Gasteiger partial charge in [-0.3, -0.25) is 0 Å². The van der Waals surface area contributed by atoms with E-state index in [-0.39, 0.29) is 40.5 Å². The highest BCUT2D eigenvalue weighted by molar-refractivity contribution is 5.87. The van der Waals surface area contributed by atoms with E-state index in [0.29, 0.717) is 41.2 Å². The van der Waals surface area contributed by atoms with Crippen molar-refractivity contribution in [3.8, 4) is 0 Å². The van der Waals surface area contributed by atoms with Crippen LogP contribution in [0.25, 0.3) is 0 Å². The van der Waals surface area contributed by atoms with Crippen molar-refractivity contribution < 1.29 is 38.5 Å². The summed E-state index contributed by atoms with van der Waals surface area (Å²) in [6.45, 7) is 34.2. The quantitative estimate of drug-likeness (QED) is 0.146. The molecule has 2 saturated carbocycles. The first-order valence-electron chi connectivity index (χ1n) is 14.0. The summed E-state index contributed by atoms with van der Waals surface area (Å²) < 4.78 is 14.8. The molecule has 2 fully saturated rings. The number of carbonyl (C=O) groups excluding carboxylic acids is 3. The molecule has 0 amide bonds. The van der Waals surface area contributed by atoms with Gasteiger partial charge in [0.05, 0.1) is 7.11 Å². The first-order valence-corrected chi connectivity index (χ1v) is 14.0. The van der Waals surface area contributed by atoms with Crippen LogP contribution in [0.1, 0.15) is 88.5 Å². The summed E-state index contributed by atoms with van der Waals surface area (Å²) >= 11 is 0. The average Bonchev–Trinajstić information content (AvgIpc) is 3.19. The first-order chi connectivity index (χ1) is 18.9. The molecule has 2 aliphatic rings. The second-order valence-electron chi connectivity index (χ2n) is 12.7. The number of hydrogen-bond acceptors (Lipinski definition) is 8. The molecule has 0 aromatic rings. The molecule has 0 heterocycles. The zero-order valence-electron chi connectivity index (χ0n) is 27.8. The Morgan fingerprint density at radius 2 is 1.31 bits per heavy atom. The van der Waals surface area contributed by atoms with Gasteiger partial charge in [-0.05, 0) is 79.1 Å². The Balaban J connectivity index is 0. The molecule has 2 rings (SSSR count). The normalized spacial score (nSPS) is 20.9. The molecule has 0 saturated heterocycles. The molecule has 0 aliphatic heterocycles. The SMILES string of the molecule is C=C(C)C(=O)O.C=C(C)C(=O)OC.C=C(C)C(=O)OCCNC(C)(C)C.C=C(C)C(=O)O[C@H]1C[C@@H]2CC[C@@]1(C)C2(C)C. The molecule has 3 atom stereocenters. The van der Waals surface area contributed by atoms with Crippen molar-refractivity contribution in [2.45, 2.75) is 100 Å². The van der Waals surface area contributed by atoms with Gasteiger partial charge in [-0.2, -0.15) is 0 Å². The molecule has 2 bridgehead atoms. The Morgan fingerprint density at radius 3 is 1.57 bits per heavy atom. The zero-order valence-corrected chi connectivity index (χ0v) is 27.8. The number of ether oxygens (including phenoxy) is 3. The van der Waals surface area contributed by atoms with Gasteiger partial charge in [-0.25, -0.2) is 19.2 Å². The number of nitrogens with one attached hydrogen (secondary N) is 1. The topological polar surface area (TPSA) is 128 Å². The molecule has 0 spiro atoms. The van der Waals surface area contributed by atoms with Crippen molar-refractivity contribution in [3.05, 3.63) is 48.6 Å². The third-order valence-electron chi connectivity index (χ3n) is 7.55. The summed E-state index contributed by atoms with van der Waals surface area (Å²) in [6, 6.07) is 0. The van der Waals surface area contributed by atoms with Crippen LogP contribution in [0.5, 0.6) is 0 Å². The summed E-state index contributed by atoms with van der Waals surface area (Å²) in [5.41, 5.74) is 2.07. The van der Waals surface area contributed by atoms with Crippen LogP contribution in [0, 0.1) is 16.7 Å². The fourth-order valence-electron chi connectivity index (χ4n) is 4.41. The lowest BCUT2D eigenvalue weighted by Crippen LogP contribution is -2.38. The van der Waals surface area contributed by atoms with Gasteiger partial charge in [0.2, 0.25) is 0 Å².